The quantitative estimate of drug-likeness (QED) is 0.772. The van der Waals surface area contributed by atoms with Gasteiger partial charge in [-0.1, -0.05) is 26.0 Å². The largest absolute Gasteiger partial charge is 0.497 e. The molecule has 0 fully saturated rings. The van der Waals surface area contributed by atoms with Gasteiger partial charge in [0.25, 0.3) is 0 Å². The molecule has 30 heavy (non-hydrogen) atoms. The molecule has 1 aliphatic rings. The van der Waals surface area contributed by atoms with E-state index in [9.17, 15) is 9.59 Å². The van der Waals surface area contributed by atoms with E-state index in [-0.39, 0.29) is 18.2 Å². The Morgan fingerprint density at radius 3 is 2.53 bits per heavy atom. The standard InChI is InChI=1S/C24H30N2O4/c1-16(2)14-26-20-13-18(8-11-21(20)30-15-24(3,4)23(26)28)25-22(27)12-17-6-9-19(29-5)10-7-17/h6-11,13,16H,12,14-15H2,1-5H3,(H,25,27). The lowest BCUT2D eigenvalue weighted by Gasteiger charge is -2.29. The number of nitrogens with zero attached hydrogens (tertiary/aromatic N) is 1. The van der Waals surface area contributed by atoms with E-state index in [1.807, 2.05) is 50.2 Å². The zero-order chi connectivity index (χ0) is 21.9. The van der Waals surface area contributed by atoms with Crippen LogP contribution >= 0.6 is 0 Å². The molecule has 1 heterocycles. The molecule has 0 saturated heterocycles. The molecular weight excluding hydrogens is 380 g/mol. The number of carbonyl (C=O) groups is 2. The van der Waals surface area contributed by atoms with E-state index in [1.165, 1.54) is 0 Å². The van der Waals surface area contributed by atoms with Gasteiger partial charge < -0.3 is 19.7 Å². The van der Waals surface area contributed by atoms with Crippen LogP contribution in [0.5, 0.6) is 11.5 Å². The van der Waals surface area contributed by atoms with Crippen LogP contribution in [0.4, 0.5) is 11.4 Å². The number of hydrogen-bond donors (Lipinski definition) is 1. The number of amides is 2. The van der Waals surface area contributed by atoms with E-state index in [1.54, 1.807) is 18.1 Å². The second kappa shape index (κ2) is 8.78. The van der Waals surface area contributed by atoms with E-state index < -0.39 is 5.41 Å². The maximum atomic E-state index is 13.1. The Balaban J connectivity index is 1.81. The first-order valence-corrected chi connectivity index (χ1v) is 10.2. The summed E-state index contributed by atoms with van der Waals surface area (Å²) in [4.78, 5) is 27.5. The molecule has 2 amide bonds. The van der Waals surface area contributed by atoms with Crippen LogP contribution in [-0.2, 0) is 16.0 Å². The second-order valence-corrected chi connectivity index (χ2v) is 8.74. The molecule has 0 spiro atoms. The predicted molar refractivity (Wildman–Crippen MR) is 118 cm³/mol. The van der Waals surface area contributed by atoms with Gasteiger partial charge >= 0.3 is 0 Å². The Morgan fingerprint density at radius 1 is 1.20 bits per heavy atom. The lowest BCUT2D eigenvalue weighted by molar-refractivity contribution is -0.127. The molecule has 0 bridgehead atoms. The summed E-state index contributed by atoms with van der Waals surface area (Å²) in [6.45, 7) is 8.84. The Kier molecular flexibility index (Phi) is 6.34. The first-order chi connectivity index (χ1) is 14.2. The number of benzene rings is 2. The molecule has 1 N–H and O–H groups in total. The van der Waals surface area contributed by atoms with Crippen LogP contribution in [0.3, 0.4) is 0 Å². The van der Waals surface area contributed by atoms with Crippen molar-refractivity contribution in [1.29, 1.82) is 0 Å². The van der Waals surface area contributed by atoms with Crippen LogP contribution < -0.4 is 19.7 Å². The third kappa shape index (κ3) is 4.93. The summed E-state index contributed by atoms with van der Waals surface area (Å²) in [6, 6.07) is 12.9. The third-order valence-corrected chi connectivity index (χ3v) is 5.02. The summed E-state index contributed by atoms with van der Waals surface area (Å²) in [5.41, 5.74) is 1.61. The van der Waals surface area contributed by atoms with Crippen LogP contribution in [0.25, 0.3) is 0 Å². The third-order valence-electron chi connectivity index (χ3n) is 5.02. The minimum Gasteiger partial charge on any atom is -0.497 e. The molecule has 3 rings (SSSR count). The number of ether oxygens (including phenoxy) is 2. The van der Waals surface area contributed by atoms with Gasteiger partial charge in [-0.05, 0) is 55.7 Å². The van der Waals surface area contributed by atoms with Crippen LogP contribution in [0.1, 0.15) is 33.3 Å². The average molecular weight is 411 g/mol. The van der Waals surface area contributed by atoms with Gasteiger partial charge in [0, 0.05) is 12.2 Å². The molecule has 0 atom stereocenters. The van der Waals surface area contributed by atoms with Gasteiger partial charge in [-0.3, -0.25) is 9.59 Å². The molecular formula is C24H30N2O4. The number of rotatable bonds is 6. The molecule has 0 aromatic heterocycles. The fourth-order valence-electron chi connectivity index (χ4n) is 3.40. The van der Waals surface area contributed by atoms with Crippen molar-refractivity contribution < 1.29 is 19.1 Å². The lowest BCUT2D eigenvalue weighted by atomic mass is 9.92. The zero-order valence-electron chi connectivity index (χ0n) is 18.3. The Morgan fingerprint density at radius 2 is 1.90 bits per heavy atom. The molecule has 2 aromatic carbocycles. The number of hydrogen-bond acceptors (Lipinski definition) is 4. The van der Waals surface area contributed by atoms with Crippen molar-refractivity contribution in [1.82, 2.24) is 0 Å². The van der Waals surface area contributed by atoms with Crippen molar-refractivity contribution in [3.63, 3.8) is 0 Å². The van der Waals surface area contributed by atoms with E-state index in [0.717, 1.165) is 11.3 Å². The van der Waals surface area contributed by atoms with Crippen molar-refractivity contribution in [2.24, 2.45) is 11.3 Å². The number of anilines is 2. The first-order valence-electron chi connectivity index (χ1n) is 10.2. The Labute approximate surface area is 178 Å². The minimum atomic E-state index is -0.619. The Hall–Kier alpha value is -3.02. The average Bonchev–Trinajstić information content (AvgIpc) is 2.78. The van der Waals surface area contributed by atoms with Gasteiger partial charge in [0.2, 0.25) is 11.8 Å². The fraction of sp³-hybridized carbons (Fsp3) is 0.417. The van der Waals surface area contributed by atoms with Gasteiger partial charge in [0.15, 0.2) is 0 Å². The summed E-state index contributed by atoms with van der Waals surface area (Å²) >= 11 is 0. The molecule has 0 radical (unpaired) electrons. The summed E-state index contributed by atoms with van der Waals surface area (Å²) in [5, 5.41) is 2.94. The number of fused-ring (bicyclic) bond motifs is 1. The molecule has 6 nitrogen and oxygen atoms in total. The highest BCUT2D eigenvalue weighted by Crippen LogP contribution is 2.38. The molecule has 0 saturated carbocycles. The Bertz CT molecular complexity index is 919. The first kappa shape index (κ1) is 21.7. The topological polar surface area (TPSA) is 67.9 Å². The van der Waals surface area contributed by atoms with Crippen LogP contribution in [0.15, 0.2) is 42.5 Å². The van der Waals surface area contributed by atoms with Gasteiger partial charge in [-0.2, -0.15) is 0 Å². The highest BCUT2D eigenvalue weighted by Gasteiger charge is 2.38. The summed E-state index contributed by atoms with van der Waals surface area (Å²) < 4.78 is 11.1. The maximum Gasteiger partial charge on any atom is 0.236 e. The van der Waals surface area contributed by atoms with E-state index in [4.69, 9.17) is 9.47 Å². The smallest absolute Gasteiger partial charge is 0.236 e. The molecule has 160 valence electrons. The van der Waals surface area contributed by atoms with Crippen molar-refractivity contribution in [3.05, 3.63) is 48.0 Å². The van der Waals surface area contributed by atoms with Crippen molar-refractivity contribution in [2.45, 2.75) is 34.1 Å². The molecule has 0 aliphatic carbocycles. The normalized spacial score (nSPS) is 15.3. The molecule has 6 heteroatoms. The minimum absolute atomic E-state index is 0.0247. The zero-order valence-corrected chi connectivity index (χ0v) is 18.3. The van der Waals surface area contributed by atoms with Crippen LogP contribution in [0.2, 0.25) is 0 Å². The van der Waals surface area contributed by atoms with Crippen molar-refractivity contribution >= 4 is 23.2 Å². The number of nitrogens with one attached hydrogen (secondary N) is 1. The van der Waals surface area contributed by atoms with Crippen molar-refractivity contribution in [3.8, 4) is 11.5 Å². The van der Waals surface area contributed by atoms with E-state index in [2.05, 4.69) is 19.2 Å². The molecule has 1 aliphatic heterocycles. The van der Waals surface area contributed by atoms with Gasteiger partial charge in [-0.25, -0.2) is 0 Å². The summed E-state index contributed by atoms with van der Waals surface area (Å²) in [5.74, 6) is 1.60. The van der Waals surface area contributed by atoms with Crippen LogP contribution in [0, 0.1) is 11.3 Å². The number of carbonyl (C=O) groups excluding carboxylic acids is 2. The van der Waals surface area contributed by atoms with Crippen molar-refractivity contribution in [2.75, 3.05) is 30.5 Å². The highest BCUT2D eigenvalue weighted by molar-refractivity contribution is 6.00. The molecule has 0 unspecified atom stereocenters. The summed E-state index contributed by atoms with van der Waals surface area (Å²) in [7, 11) is 1.61. The predicted octanol–water partition coefficient (Wildman–Crippen LogP) is 4.28. The SMILES string of the molecule is COc1ccc(CC(=O)Nc2ccc3c(c2)N(CC(C)C)C(=O)C(C)(C)CO3)cc1. The van der Waals surface area contributed by atoms with Gasteiger partial charge in [0.05, 0.1) is 24.6 Å². The van der Waals surface area contributed by atoms with E-state index >= 15 is 0 Å². The van der Waals surface area contributed by atoms with Gasteiger partial charge in [0.1, 0.15) is 18.1 Å². The van der Waals surface area contributed by atoms with E-state index in [0.29, 0.717) is 36.2 Å². The highest BCUT2D eigenvalue weighted by atomic mass is 16.5. The lowest BCUT2D eigenvalue weighted by Crippen LogP contribution is -2.43. The fourth-order valence-corrected chi connectivity index (χ4v) is 3.40. The number of methoxy groups -OCH3 is 1. The molecule has 2 aromatic rings. The monoisotopic (exact) mass is 410 g/mol. The maximum absolute atomic E-state index is 13.1. The van der Waals surface area contributed by atoms with Crippen LogP contribution in [-0.4, -0.2) is 32.1 Å². The van der Waals surface area contributed by atoms with Gasteiger partial charge in [-0.15, -0.1) is 0 Å². The second-order valence-electron chi connectivity index (χ2n) is 8.74. The summed E-state index contributed by atoms with van der Waals surface area (Å²) in [6.07, 6.45) is 0.249.